The van der Waals surface area contributed by atoms with Gasteiger partial charge in [-0.15, -0.1) is 0 Å². The largest absolute Gasteiger partial charge is 0.496 e. The van der Waals surface area contributed by atoms with Crippen LogP contribution in [0.1, 0.15) is 29.2 Å². The molecule has 2 aromatic rings. The van der Waals surface area contributed by atoms with Crippen molar-refractivity contribution in [3.05, 3.63) is 63.7 Å². The van der Waals surface area contributed by atoms with Crippen LogP contribution in [0.25, 0.3) is 0 Å². The lowest BCUT2D eigenvalue weighted by Crippen LogP contribution is -2.21. The Bertz CT molecular complexity index is 785. The molecule has 0 radical (unpaired) electrons. The molecule has 0 aliphatic carbocycles. The Balaban J connectivity index is 2.09. The third-order valence-corrected chi connectivity index (χ3v) is 3.98. The van der Waals surface area contributed by atoms with E-state index in [1.54, 1.807) is 32.2 Å². The Morgan fingerprint density at radius 1 is 1.21 bits per heavy atom. The molecule has 0 heterocycles. The molecular formula is C19H21ClN2O2. The first-order valence-electron chi connectivity index (χ1n) is 7.64. The maximum Gasteiger partial charge on any atom is 0.244 e. The maximum absolute atomic E-state index is 12.1. The van der Waals surface area contributed by atoms with Crippen LogP contribution >= 0.6 is 11.6 Å². The number of halogens is 1. The van der Waals surface area contributed by atoms with Crippen molar-refractivity contribution in [3.8, 4) is 5.75 Å². The quantitative estimate of drug-likeness (QED) is 0.657. The Morgan fingerprint density at radius 2 is 1.96 bits per heavy atom. The molecule has 126 valence electrons. The molecule has 0 unspecified atom stereocenters. The monoisotopic (exact) mass is 344 g/mol. The molecule has 0 saturated heterocycles. The predicted molar refractivity (Wildman–Crippen MR) is 98.0 cm³/mol. The van der Waals surface area contributed by atoms with Crippen LogP contribution in [0.15, 0.2) is 41.5 Å². The number of ether oxygens (including phenoxy) is 1. The van der Waals surface area contributed by atoms with E-state index < -0.39 is 0 Å². The fourth-order valence-electron chi connectivity index (χ4n) is 2.43. The summed E-state index contributed by atoms with van der Waals surface area (Å²) in [6.45, 7) is 5.83. The number of benzene rings is 2. The summed E-state index contributed by atoms with van der Waals surface area (Å²) >= 11 is 6.02. The van der Waals surface area contributed by atoms with Crippen molar-refractivity contribution in [2.75, 3.05) is 7.11 Å². The van der Waals surface area contributed by atoms with Crippen molar-refractivity contribution in [1.82, 2.24) is 5.43 Å². The molecule has 1 amide bonds. The first kappa shape index (κ1) is 18.0. The second kappa shape index (κ2) is 7.97. The van der Waals surface area contributed by atoms with Crippen LogP contribution in [0.2, 0.25) is 5.02 Å². The number of rotatable bonds is 5. The summed E-state index contributed by atoms with van der Waals surface area (Å²) in [5, 5.41) is 4.75. The van der Waals surface area contributed by atoms with Crippen LogP contribution in [0.3, 0.4) is 0 Å². The molecule has 0 saturated carbocycles. The number of carbonyl (C=O) groups excluding carboxylic acids is 1. The minimum absolute atomic E-state index is 0.165. The molecule has 0 aliphatic rings. The molecule has 4 nitrogen and oxygen atoms in total. The van der Waals surface area contributed by atoms with Crippen LogP contribution in [-0.2, 0) is 11.2 Å². The third-order valence-electron chi connectivity index (χ3n) is 3.75. The number of methoxy groups -OCH3 is 1. The zero-order chi connectivity index (χ0) is 17.7. The van der Waals surface area contributed by atoms with Crippen LogP contribution in [0, 0.1) is 13.8 Å². The minimum Gasteiger partial charge on any atom is -0.496 e. The van der Waals surface area contributed by atoms with Gasteiger partial charge in [0.2, 0.25) is 5.91 Å². The minimum atomic E-state index is -0.165. The highest BCUT2D eigenvalue weighted by atomic mass is 35.5. The number of amides is 1. The van der Waals surface area contributed by atoms with Gasteiger partial charge in [0.1, 0.15) is 5.75 Å². The van der Waals surface area contributed by atoms with E-state index in [2.05, 4.69) is 16.6 Å². The SMILES string of the molecule is COc1ccc(Cl)cc1/C(C)=N\NC(=O)Cc1ccc(C)cc1C. The summed E-state index contributed by atoms with van der Waals surface area (Å²) in [5.41, 5.74) is 7.24. The van der Waals surface area contributed by atoms with E-state index in [1.807, 2.05) is 26.0 Å². The average Bonchev–Trinajstić information content (AvgIpc) is 2.55. The summed E-state index contributed by atoms with van der Waals surface area (Å²) in [5.74, 6) is 0.492. The number of hydrogen-bond donors (Lipinski definition) is 1. The predicted octanol–water partition coefficient (Wildman–Crippen LogP) is 4.05. The van der Waals surface area contributed by atoms with Gasteiger partial charge in [0, 0.05) is 10.6 Å². The molecule has 0 bridgehead atoms. The lowest BCUT2D eigenvalue weighted by molar-refractivity contribution is -0.120. The molecule has 1 N–H and O–H groups in total. The van der Waals surface area contributed by atoms with E-state index in [-0.39, 0.29) is 12.3 Å². The Labute approximate surface area is 147 Å². The Morgan fingerprint density at radius 3 is 2.62 bits per heavy atom. The molecule has 24 heavy (non-hydrogen) atoms. The van der Waals surface area contributed by atoms with Crippen LogP contribution in [0.5, 0.6) is 5.75 Å². The van der Waals surface area contributed by atoms with Crippen molar-refractivity contribution >= 4 is 23.2 Å². The van der Waals surface area contributed by atoms with E-state index >= 15 is 0 Å². The van der Waals surface area contributed by atoms with Gasteiger partial charge in [0.25, 0.3) is 0 Å². The topological polar surface area (TPSA) is 50.7 Å². The van der Waals surface area contributed by atoms with Gasteiger partial charge in [-0.05, 0) is 50.1 Å². The third kappa shape index (κ3) is 4.59. The fourth-order valence-corrected chi connectivity index (χ4v) is 2.60. The lowest BCUT2D eigenvalue weighted by Gasteiger charge is -2.09. The van der Waals surface area contributed by atoms with Crippen molar-refractivity contribution in [3.63, 3.8) is 0 Å². The van der Waals surface area contributed by atoms with Crippen LogP contribution < -0.4 is 10.2 Å². The molecular weight excluding hydrogens is 324 g/mol. The van der Waals surface area contributed by atoms with E-state index in [4.69, 9.17) is 16.3 Å². The second-order valence-corrected chi connectivity index (χ2v) is 6.12. The molecule has 0 atom stereocenters. The van der Waals surface area contributed by atoms with Crippen molar-refractivity contribution in [1.29, 1.82) is 0 Å². The molecule has 0 aromatic heterocycles. The van der Waals surface area contributed by atoms with Gasteiger partial charge in [-0.3, -0.25) is 4.79 Å². The lowest BCUT2D eigenvalue weighted by atomic mass is 10.0. The zero-order valence-electron chi connectivity index (χ0n) is 14.3. The van der Waals surface area contributed by atoms with E-state index in [0.717, 1.165) is 16.7 Å². The fraction of sp³-hybridized carbons (Fsp3) is 0.263. The van der Waals surface area contributed by atoms with Crippen LogP contribution in [0.4, 0.5) is 0 Å². The maximum atomic E-state index is 12.1. The number of hydrazone groups is 1. The van der Waals surface area contributed by atoms with Crippen LogP contribution in [-0.4, -0.2) is 18.7 Å². The highest BCUT2D eigenvalue weighted by molar-refractivity contribution is 6.31. The standard InChI is InChI=1S/C19H21ClN2O2/c1-12-5-6-15(13(2)9-12)10-19(23)22-21-14(3)17-11-16(20)7-8-18(17)24-4/h5-9,11H,10H2,1-4H3,(H,22,23)/b21-14-. The Hall–Kier alpha value is -2.33. The van der Waals surface area contributed by atoms with Gasteiger partial charge in [0.05, 0.1) is 19.2 Å². The van der Waals surface area contributed by atoms with Gasteiger partial charge >= 0.3 is 0 Å². The molecule has 5 heteroatoms. The molecule has 2 rings (SSSR count). The van der Waals surface area contributed by atoms with E-state index in [0.29, 0.717) is 16.5 Å². The number of nitrogens with zero attached hydrogens (tertiary/aromatic N) is 1. The van der Waals surface area contributed by atoms with E-state index in [9.17, 15) is 4.79 Å². The smallest absolute Gasteiger partial charge is 0.244 e. The van der Waals surface area contributed by atoms with Gasteiger partial charge in [-0.1, -0.05) is 35.4 Å². The Kier molecular flexibility index (Phi) is 5.99. The number of nitrogens with one attached hydrogen (secondary N) is 1. The van der Waals surface area contributed by atoms with Crippen molar-refractivity contribution < 1.29 is 9.53 Å². The van der Waals surface area contributed by atoms with Crippen molar-refractivity contribution in [2.24, 2.45) is 5.10 Å². The first-order valence-corrected chi connectivity index (χ1v) is 8.01. The van der Waals surface area contributed by atoms with Gasteiger partial charge in [0.15, 0.2) is 0 Å². The van der Waals surface area contributed by atoms with Gasteiger partial charge in [-0.25, -0.2) is 5.43 Å². The normalized spacial score (nSPS) is 11.3. The summed E-state index contributed by atoms with van der Waals surface area (Å²) < 4.78 is 5.30. The highest BCUT2D eigenvalue weighted by Crippen LogP contribution is 2.23. The summed E-state index contributed by atoms with van der Waals surface area (Å²) in [7, 11) is 1.58. The number of carbonyl (C=O) groups is 1. The molecule has 2 aromatic carbocycles. The first-order chi connectivity index (χ1) is 11.4. The summed E-state index contributed by atoms with van der Waals surface area (Å²) in [6.07, 6.45) is 0.287. The van der Waals surface area contributed by atoms with Gasteiger partial charge < -0.3 is 4.74 Å². The average molecular weight is 345 g/mol. The molecule has 0 fully saturated rings. The van der Waals surface area contributed by atoms with Crippen molar-refractivity contribution in [2.45, 2.75) is 27.2 Å². The van der Waals surface area contributed by atoms with E-state index in [1.165, 1.54) is 5.56 Å². The van der Waals surface area contributed by atoms with Gasteiger partial charge in [-0.2, -0.15) is 5.10 Å². The summed E-state index contributed by atoms with van der Waals surface area (Å²) in [6, 6.07) is 11.3. The number of aryl methyl sites for hydroxylation is 2. The highest BCUT2D eigenvalue weighted by Gasteiger charge is 2.09. The molecule has 0 spiro atoms. The second-order valence-electron chi connectivity index (χ2n) is 5.68. The molecule has 0 aliphatic heterocycles. The zero-order valence-corrected chi connectivity index (χ0v) is 15.1. The number of hydrogen-bond acceptors (Lipinski definition) is 3. The summed E-state index contributed by atoms with van der Waals surface area (Å²) in [4.78, 5) is 12.1.